The SMILES string of the molecule is CCCCOc1ccc(/C=C/C(=O)Nc2cc(C(=O)OC)ccc2F)cc1OC. The number of unbranched alkanes of at least 4 members (excludes halogenated alkanes) is 1. The normalized spacial score (nSPS) is 10.6. The number of halogens is 1. The summed E-state index contributed by atoms with van der Waals surface area (Å²) in [6, 6.07) is 8.89. The summed E-state index contributed by atoms with van der Waals surface area (Å²) in [5.74, 6) is -0.642. The van der Waals surface area contributed by atoms with Crippen LogP contribution in [0.3, 0.4) is 0 Å². The molecule has 2 aromatic rings. The first-order valence-corrected chi connectivity index (χ1v) is 9.16. The lowest BCUT2D eigenvalue weighted by Crippen LogP contribution is -2.11. The molecule has 0 aliphatic rings. The van der Waals surface area contributed by atoms with Gasteiger partial charge in [0, 0.05) is 6.08 Å². The molecule has 0 heterocycles. The second-order valence-corrected chi connectivity index (χ2v) is 6.12. The smallest absolute Gasteiger partial charge is 0.337 e. The molecule has 2 rings (SSSR count). The number of ether oxygens (including phenoxy) is 3. The molecule has 1 amide bonds. The van der Waals surface area contributed by atoms with Gasteiger partial charge in [-0.3, -0.25) is 4.79 Å². The van der Waals surface area contributed by atoms with Gasteiger partial charge in [0.1, 0.15) is 5.82 Å². The second-order valence-electron chi connectivity index (χ2n) is 6.12. The minimum Gasteiger partial charge on any atom is -0.493 e. The highest BCUT2D eigenvalue weighted by atomic mass is 19.1. The van der Waals surface area contributed by atoms with Gasteiger partial charge in [-0.1, -0.05) is 19.4 Å². The highest BCUT2D eigenvalue weighted by Crippen LogP contribution is 2.28. The molecule has 0 saturated heterocycles. The Morgan fingerprint density at radius 2 is 1.90 bits per heavy atom. The maximum absolute atomic E-state index is 13.9. The van der Waals surface area contributed by atoms with E-state index >= 15 is 0 Å². The summed E-state index contributed by atoms with van der Waals surface area (Å²) in [6.45, 7) is 2.68. The van der Waals surface area contributed by atoms with Gasteiger partial charge in [-0.15, -0.1) is 0 Å². The van der Waals surface area contributed by atoms with Crippen LogP contribution in [0.4, 0.5) is 10.1 Å². The Labute approximate surface area is 169 Å². The van der Waals surface area contributed by atoms with E-state index in [1.807, 2.05) is 0 Å². The fourth-order valence-electron chi connectivity index (χ4n) is 2.45. The molecule has 0 radical (unpaired) electrons. The van der Waals surface area contributed by atoms with Gasteiger partial charge in [-0.2, -0.15) is 0 Å². The predicted molar refractivity (Wildman–Crippen MR) is 109 cm³/mol. The average molecular weight is 401 g/mol. The summed E-state index contributed by atoms with van der Waals surface area (Å²) >= 11 is 0. The molecule has 0 aliphatic carbocycles. The second kappa shape index (κ2) is 10.8. The van der Waals surface area contributed by atoms with E-state index < -0.39 is 17.7 Å². The molecule has 0 bridgehead atoms. The number of anilines is 1. The minimum atomic E-state index is -0.658. The molecule has 2 aromatic carbocycles. The van der Waals surface area contributed by atoms with Crippen molar-refractivity contribution in [2.75, 3.05) is 26.1 Å². The number of methoxy groups -OCH3 is 2. The lowest BCUT2D eigenvalue weighted by atomic mass is 10.1. The third-order valence-corrected chi connectivity index (χ3v) is 4.02. The van der Waals surface area contributed by atoms with Crippen molar-refractivity contribution in [1.82, 2.24) is 0 Å². The third-order valence-electron chi connectivity index (χ3n) is 4.02. The van der Waals surface area contributed by atoms with Crippen LogP contribution in [0.15, 0.2) is 42.5 Å². The van der Waals surface area contributed by atoms with Crippen molar-refractivity contribution in [3.63, 3.8) is 0 Å². The highest BCUT2D eigenvalue weighted by Gasteiger charge is 2.11. The van der Waals surface area contributed by atoms with Crippen molar-refractivity contribution in [2.45, 2.75) is 19.8 Å². The van der Waals surface area contributed by atoms with Gasteiger partial charge in [0.2, 0.25) is 5.91 Å². The zero-order valence-electron chi connectivity index (χ0n) is 16.7. The van der Waals surface area contributed by atoms with Gasteiger partial charge in [0.05, 0.1) is 32.1 Å². The molecule has 7 heteroatoms. The Morgan fingerprint density at radius 1 is 1.10 bits per heavy atom. The molecule has 29 heavy (non-hydrogen) atoms. The Bertz CT molecular complexity index is 895. The summed E-state index contributed by atoms with van der Waals surface area (Å²) in [7, 11) is 2.76. The number of rotatable bonds is 9. The molecule has 0 atom stereocenters. The molecular weight excluding hydrogens is 377 g/mol. The van der Waals surface area contributed by atoms with Crippen LogP contribution in [0, 0.1) is 5.82 Å². The zero-order valence-corrected chi connectivity index (χ0v) is 16.7. The Kier molecular flexibility index (Phi) is 8.21. The molecule has 0 unspecified atom stereocenters. The van der Waals surface area contributed by atoms with Gasteiger partial charge in [0.25, 0.3) is 0 Å². The van der Waals surface area contributed by atoms with Gasteiger partial charge >= 0.3 is 5.97 Å². The molecule has 0 spiro atoms. The van der Waals surface area contributed by atoms with Crippen LogP contribution in [0.1, 0.15) is 35.7 Å². The van der Waals surface area contributed by atoms with Crippen LogP contribution in [-0.4, -0.2) is 32.7 Å². The fraction of sp³-hybridized carbons (Fsp3) is 0.273. The van der Waals surface area contributed by atoms with Crippen molar-refractivity contribution in [1.29, 1.82) is 0 Å². The van der Waals surface area contributed by atoms with Crippen LogP contribution < -0.4 is 14.8 Å². The quantitative estimate of drug-likeness (QED) is 0.382. The summed E-state index contributed by atoms with van der Waals surface area (Å²) in [6.07, 6.45) is 4.80. The van der Waals surface area contributed by atoms with Gasteiger partial charge in [0.15, 0.2) is 11.5 Å². The number of esters is 1. The maximum atomic E-state index is 13.9. The van der Waals surface area contributed by atoms with E-state index in [0.717, 1.165) is 18.9 Å². The Morgan fingerprint density at radius 3 is 2.59 bits per heavy atom. The van der Waals surface area contributed by atoms with Crippen molar-refractivity contribution in [2.24, 2.45) is 0 Å². The van der Waals surface area contributed by atoms with Crippen LogP contribution in [0.25, 0.3) is 6.08 Å². The number of carbonyl (C=O) groups excluding carboxylic acids is 2. The molecule has 0 saturated carbocycles. The van der Waals surface area contributed by atoms with Crippen molar-refractivity contribution in [3.8, 4) is 11.5 Å². The summed E-state index contributed by atoms with van der Waals surface area (Å²) in [5.41, 5.74) is 0.736. The van der Waals surface area contributed by atoms with E-state index in [1.165, 1.54) is 25.3 Å². The van der Waals surface area contributed by atoms with Gasteiger partial charge < -0.3 is 19.5 Å². The van der Waals surface area contributed by atoms with E-state index in [9.17, 15) is 14.0 Å². The molecule has 0 aliphatic heterocycles. The first-order valence-electron chi connectivity index (χ1n) is 9.16. The lowest BCUT2D eigenvalue weighted by Gasteiger charge is -2.11. The molecule has 0 aromatic heterocycles. The van der Waals surface area contributed by atoms with E-state index in [0.29, 0.717) is 23.7 Å². The topological polar surface area (TPSA) is 73.9 Å². The lowest BCUT2D eigenvalue weighted by molar-refractivity contribution is -0.111. The van der Waals surface area contributed by atoms with Crippen molar-refractivity contribution in [3.05, 3.63) is 59.4 Å². The Balaban J connectivity index is 2.08. The van der Waals surface area contributed by atoms with Crippen LogP contribution in [0.5, 0.6) is 11.5 Å². The largest absolute Gasteiger partial charge is 0.493 e. The van der Waals surface area contributed by atoms with Crippen LogP contribution in [0.2, 0.25) is 0 Å². The Hall–Kier alpha value is -3.35. The molecule has 154 valence electrons. The van der Waals surface area contributed by atoms with E-state index in [4.69, 9.17) is 9.47 Å². The first-order chi connectivity index (χ1) is 14.0. The van der Waals surface area contributed by atoms with Gasteiger partial charge in [-0.05, 0) is 48.4 Å². The van der Waals surface area contributed by atoms with E-state index in [1.54, 1.807) is 31.4 Å². The molecule has 6 nitrogen and oxygen atoms in total. The number of nitrogens with one attached hydrogen (secondary N) is 1. The van der Waals surface area contributed by atoms with Gasteiger partial charge in [-0.25, -0.2) is 9.18 Å². The number of benzene rings is 2. The average Bonchev–Trinajstić information content (AvgIpc) is 2.73. The minimum absolute atomic E-state index is 0.111. The molecule has 1 N–H and O–H groups in total. The number of amides is 1. The van der Waals surface area contributed by atoms with Crippen LogP contribution >= 0.6 is 0 Å². The summed E-state index contributed by atoms with van der Waals surface area (Å²) in [5, 5.41) is 2.41. The first kappa shape index (κ1) is 21.9. The van der Waals surface area contributed by atoms with Crippen molar-refractivity contribution >= 4 is 23.6 Å². The predicted octanol–water partition coefficient (Wildman–Crippen LogP) is 4.45. The highest BCUT2D eigenvalue weighted by molar-refractivity contribution is 6.02. The van der Waals surface area contributed by atoms with Crippen molar-refractivity contribution < 1.29 is 28.2 Å². The number of carbonyl (C=O) groups is 2. The molecular formula is C22H24FNO5. The fourth-order valence-corrected chi connectivity index (χ4v) is 2.45. The summed E-state index contributed by atoms with van der Waals surface area (Å²) in [4.78, 5) is 23.7. The standard InChI is InChI=1S/C22H24FNO5/c1-4-5-12-29-19-10-6-15(13-20(19)27-2)7-11-21(25)24-18-14-16(22(26)28-3)8-9-17(18)23/h6-11,13-14H,4-5,12H2,1-3H3,(H,24,25)/b11-7+. The molecule has 0 fully saturated rings. The number of hydrogen-bond acceptors (Lipinski definition) is 5. The zero-order chi connectivity index (χ0) is 21.2. The third kappa shape index (κ3) is 6.34. The van der Waals surface area contributed by atoms with E-state index in [2.05, 4.69) is 17.0 Å². The van der Waals surface area contributed by atoms with E-state index in [-0.39, 0.29) is 11.3 Å². The summed E-state index contributed by atoms with van der Waals surface area (Å²) < 4.78 is 29.5. The number of hydrogen-bond donors (Lipinski definition) is 1. The maximum Gasteiger partial charge on any atom is 0.337 e. The monoisotopic (exact) mass is 401 g/mol. The van der Waals surface area contributed by atoms with Crippen LogP contribution in [-0.2, 0) is 9.53 Å².